The fraction of sp³-hybridized carbons (Fsp3) is 0.625. The van der Waals surface area contributed by atoms with Crippen molar-refractivity contribution in [1.82, 2.24) is 0 Å². The molecule has 0 amide bonds. The minimum Gasteiger partial charge on any atom is -0.392 e. The van der Waals surface area contributed by atoms with Crippen LogP contribution in [0.5, 0.6) is 0 Å². The fourth-order valence-corrected chi connectivity index (χ4v) is 3.37. The third kappa shape index (κ3) is 2.32. The van der Waals surface area contributed by atoms with E-state index in [0.29, 0.717) is 6.54 Å². The number of rotatable bonds is 3. The third-order valence-corrected chi connectivity index (χ3v) is 4.63. The van der Waals surface area contributed by atoms with E-state index in [1.165, 1.54) is 11.1 Å². The van der Waals surface area contributed by atoms with Crippen LogP contribution in [0.2, 0.25) is 0 Å². The van der Waals surface area contributed by atoms with Crippen LogP contribution in [0.1, 0.15) is 37.8 Å². The normalized spacial score (nSPS) is 30.6. The molecular formula is C16H25NO. The highest BCUT2D eigenvalue weighted by molar-refractivity contribution is 5.24. The Morgan fingerprint density at radius 3 is 2.56 bits per heavy atom. The second-order valence-corrected chi connectivity index (χ2v) is 6.62. The summed E-state index contributed by atoms with van der Waals surface area (Å²) in [6.45, 7) is 6.95. The molecule has 2 heteroatoms. The van der Waals surface area contributed by atoms with Gasteiger partial charge >= 0.3 is 0 Å². The van der Waals surface area contributed by atoms with Gasteiger partial charge in [-0.2, -0.15) is 0 Å². The monoisotopic (exact) mass is 247 g/mol. The highest BCUT2D eigenvalue weighted by Crippen LogP contribution is 2.50. The van der Waals surface area contributed by atoms with Crippen LogP contribution < -0.4 is 5.73 Å². The number of aliphatic hydroxyl groups excluding tert-OH is 1. The lowest BCUT2D eigenvalue weighted by Gasteiger charge is -2.36. The van der Waals surface area contributed by atoms with Gasteiger partial charge in [0.25, 0.3) is 0 Å². The van der Waals surface area contributed by atoms with Gasteiger partial charge in [0.15, 0.2) is 0 Å². The minimum absolute atomic E-state index is 0.0107. The van der Waals surface area contributed by atoms with Crippen molar-refractivity contribution in [3.8, 4) is 0 Å². The molecule has 1 aliphatic rings. The van der Waals surface area contributed by atoms with Gasteiger partial charge in [-0.05, 0) is 37.2 Å². The van der Waals surface area contributed by atoms with E-state index in [2.05, 4.69) is 45.0 Å². The van der Waals surface area contributed by atoms with E-state index in [9.17, 15) is 5.11 Å². The fourth-order valence-electron chi connectivity index (χ4n) is 3.37. The van der Waals surface area contributed by atoms with Crippen LogP contribution in [0.25, 0.3) is 0 Å². The molecule has 0 spiro atoms. The molecule has 0 heterocycles. The second kappa shape index (κ2) is 4.67. The summed E-state index contributed by atoms with van der Waals surface area (Å²) in [5.74, 6) is 0. The van der Waals surface area contributed by atoms with Gasteiger partial charge in [-0.25, -0.2) is 0 Å². The molecule has 3 N–H and O–H groups in total. The zero-order valence-corrected chi connectivity index (χ0v) is 11.7. The predicted octanol–water partition coefficient (Wildman–Crippen LogP) is 2.66. The molecule has 1 aromatic rings. The molecule has 0 radical (unpaired) electrons. The van der Waals surface area contributed by atoms with Crippen LogP contribution >= 0.6 is 0 Å². The van der Waals surface area contributed by atoms with E-state index in [-0.39, 0.29) is 16.9 Å². The SMILES string of the molecule is Cc1cccc(CC2(CN)CCC(C)(C)C2O)c1. The molecule has 2 nitrogen and oxygen atoms in total. The Kier molecular flexibility index (Phi) is 3.52. The Labute approximate surface area is 110 Å². The van der Waals surface area contributed by atoms with Gasteiger partial charge in [0.1, 0.15) is 0 Å². The smallest absolute Gasteiger partial charge is 0.0662 e. The van der Waals surface area contributed by atoms with Gasteiger partial charge in [-0.1, -0.05) is 43.7 Å². The maximum atomic E-state index is 10.6. The van der Waals surface area contributed by atoms with Gasteiger partial charge in [0, 0.05) is 12.0 Å². The summed E-state index contributed by atoms with van der Waals surface area (Å²) in [5, 5.41) is 10.6. The molecule has 100 valence electrons. The van der Waals surface area contributed by atoms with Crippen molar-refractivity contribution in [2.24, 2.45) is 16.6 Å². The summed E-state index contributed by atoms with van der Waals surface area (Å²) in [7, 11) is 0. The number of aryl methyl sites for hydroxylation is 1. The molecule has 2 rings (SSSR count). The molecular weight excluding hydrogens is 222 g/mol. The summed E-state index contributed by atoms with van der Waals surface area (Å²) >= 11 is 0. The molecule has 0 aromatic heterocycles. The Morgan fingerprint density at radius 1 is 1.33 bits per heavy atom. The van der Waals surface area contributed by atoms with Crippen molar-refractivity contribution in [3.63, 3.8) is 0 Å². The molecule has 2 atom stereocenters. The van der Waals surface area contributed by atoms with E-state index >= 15 is 0 Å². The van der Waals surface area contributed by atoms with Crippen molar-refractivity contribution in [2.45, 2.75) is 46.1 Å². The van der Waals surface area contributed by atoms with Crippen molar-refractivity contribution in [3.05, 3.63) is 35.4 Å². The van der Waals surface area contributed by atoms with Crippen molar-refractivity contribution < 1.29 is 5.11 Å². The summed E-state index contributed by atoms with van der Waals surface area (Å²) in [5.41, 5.74) is 8.41. The van der Waals surface area contributed by atoms with Crippen LogP contribution in [-0.2, 0) is 6.42 Å². The van der Waals surface area contributed by atoms with Crippen molar-refractivity contribution >= 4 is 0 Å². The van der Waals surface area contributed by atoms with Crippen molar-refractivity contribution in [1.29, 1.82) is 0 Å². The average molecular weight is 247 g/mol. The van der Waals surface area contributed by atoms with Gasteiger partial charge in [0.2, 0.25) is 0 Å². The molecule has 1 aromatic carbocycles. The molecule has 1 aliphatic carbocycles. The molecule has 1 saturated carbocycles. The Balaban J connectivity index is 2.25. The van der Waals surface area contributed by atoms with E-state index in [1.807, 2.05) is 0 Å². The highest BCUT2D eigenvalue weighted by atomic mass is 16.3. The molecule has 0 saturated heterocycles. The second-order valence-electron chi connectivity index (χ2n) is 6.62. The van der Waals surface area contributed by atoms with Crippen LogP contribution in [0, 0.1) is 17.8 Å². The van der Waals surface area contributed by atoms with E-state index in [1.54, 1.807) is 0 Å². The summed E-state index contributed by atoms with van der Waals surface area (Å²) in [6, 6.07) is 8.53. The van der Waals surface area contributed by atoms with Crippen LogP contribution in [-0.4, -0.2) is 17.8 Å². The maximum absolute atomic E-state index is 10.6. The largest absolute Gasteiger partial charge is 0.392 e. The Hall–Kier alpha value is -0.860. The number of benzene rings is 1. The number of hydrogen-bond donors (Lipinski definition) is 2. The van der Waals surface area contributed by atoms with Crippen molar-refractivity contribution in [2.75, 3.05) is 6.54 Å². The standard InChI is InChI=1S/C16H25NO/c1-12-5-4-6-13(9-12)10-16(11-17)8-7-15(2,3)14(16)18/h4-6,9,14,18H,7-8,10-11,17H2,1-3H3. The minimum atomic E-state index is -0.310. The Morgan fingerprint density at radius 2 is 2.06 bits per heavy atom. The van der Waals surface area contributed by atoms with E-state index < -0.39 is 0 Å². The van der Waals surface area contributed by atoms with Crippen LogP contribution in [0.4, 0.5) is 0 Å². The Bertz CT molecular complexity index is 427. The maximum Gasteiger partial charge on any atom is 0.0662 e. The third-order valence-electron chi connectivity index (χ3n) is 4.63. The molecule has 1 fully saturated rings. The quantitative estimate of drug-likeness (QED) is 0.862. The topological polar surface area (TPSA) is 46.2 Å². The van der Waals surface area contributed by atoms with Gasteiger partial charge in [-0.3, -0.25) is 0 Å². The molecule has 2 unspecified atom stereocenters. The first kappa shape index (κ1) is 13.6. The van der Waals surface area contributed by atoms with Gasteiger partial charge in [-0.15, -0.1) is 0 Å². The summed E-state index contributed by atoms with van der Waals surface area (Å²) in [4.78, 5) is 0. The number of hydrogen-bond acceptors (Lipinski definition) is 2. The summed E-state index contributed by atoms with van der Waals surface area (Å²) < 4.78 is 0. The predicted molar refractivity (Wildman–Crippen MR) is 75.4 cm³/mol. The van der Waals surface area contributed by atoms with E-state index in [4.69, 9.17) is 5.73 Å². The highest BCUT2D eigenvalue weighted by Gasteiger charge is 2.50. The lowest BCUT2D eigenvalue weighted by molar-refractivity contribution is -0.00464. The first-order chi connectivity index (χ1) is 8.39. The first-order valence-electron chi connectivity index (χ1n) is 6.83. The molecule has 0 aliphatic heterocycles. The molecule has 18 heavy (non-hydrogen) atoms. The lowest BCUT2D eigenvalue weighted by atomic mass is 9.74. The number of nitrogens with two attached hydrogens (primary N) is 1. The van der Waals surface area contributed by atoms with E-state index in [0.717, 1.165) is 19.3 Å². The average Bonchev–Trinajstić information content (AvgIpc) is 2.54. The summed E-state index contributed by atoms with van der Waals surface area (Å²) in [6.07, 6.45) is 2.65. The first-order valence-corrected chi connectivity index (χ1v) is 6.83. The lowest BCUT2D eigenvalue weighted by Crippen LogP contribution is -2.44. The van der Waals surface area contributed by atoms with Gasteiger partial charge in [0.05, 0.1) is 6.10 Å². The molecule has 0 bridgehead atoms. The zero-order chi connectivity index (χ0) is 13.4. The van der Waals surface area contributed by atoms with Crippen LogP contribution in [0.15, 0.2) is 24.3 Å². The number of aliphatic hydroxyl groups is 1. The zero-order valence-electron chi connectivity index (χ0n) is 11.7. The van der Waals surface area contributed by atoms with Crippen LogP contribution in [0.3, 0.4) is 0 Å². The van der Waals surface area contributed by atoms with Gasteiger partial charge < -0.3 is 10.8 Å².